The second kappa shape index (κ2) is 7.48. The molecule has 0 spiro atoms. The molecule has 4 nitrogen and oxygen atoms in total. The van der Waals surface area contributed by atoms with Crippen LogP contribution in [0.15, 0.2) is 30.3 Å². The Hall–Kier alpha value is -1.10. The van der Waals surface area contributed by atoms with Crippen LogP contribution < -0.4 is 5.73 Å². The molecule has 1 aromatic carbocycles. The number of amides is 1. The number of halogens is 1. The quantitative estimate of drug-likeness (QED) is 0.862. The van der Waals surface area contributed by atoms with Crippen LogP contribution in [0.2, 0.25) is 0 Å². The number of carbonyl (C=O) groups is 1. The molecule has 0 aromatic heterocycles. The molecule has 0 heterocycles. The van der Waals surface area contributed by atoms with Crippen LogP contribution in [-0.2, 0) is 10.3 Å². The van der Waals surface area contributed by atoms with Crippen LogP contribution in [0.4, 0.5) is 0 Å². The lowest BCUT2D eigenvalue weighted by molar-refractivity contribution is -0.135. The van der Waals surface area contributed by atoms with Gasteiger partial charge in [0.25, 0.3) is 0 Å². The molecule has 0 saturated heterocycles. The Balaban J connectivity index is 0.00000324. The Morgan fingerprint density at radius 2 is 1.95 bits per heavy atom. The van der Waals surface area contributed by atoms with Gasteiger partial charge in [-0.3, -0.25) is 4.79 Å². The van der Waals surface area contributed by atoms with E-state index in [4.69, 9.17) is 5.73 Å². The zero-order valence-electron chi connectivity index (χ0n) is 11.7. The minimum atomic E-state index is -1.03. The average molecular weight is 287 g/mol. The minimum absolute atomic E-state index is 0. The van der Waals surface area contributed by atoms with E-state index in [1.165, 1.54) is 0 Å². The molecule has 0 fully saturated rings. The fourth-order valence-electron chi connectivity index (χ4n) is 1.79. The van der Waals surface area contributed by atoms with Crippen LogP contribution in [0.5, 0.6) is 0 Å². The summed E-state index contributed by atoms with van der Waals surface area (Å²) in [5.41, 5.74) is 5.89. The van der Waals surface area contributed by atoms with Crippen LogP contribution in [0.25, 0.3) is 0 Å². The Bertz CT molecular complexity index is 394. The largest absolute Gasteiger partial charge is 0.393 e. The first kappa shape index (κ1) is 17.9. The first-order valence-electron chi connectivity index (χ1n) is 6.13. The van der Waals surface area contributed by atoms with Crippen molar-refractivity contribution in [2.24, 2.45) is 5.73 Å². The lowest BCUT2D eigenvalue weighted by atomic mass is 9.91. The van der Waals surface area contributed by atoms with E-state index in [-0.39, 0.29) is 18.3 Å². The molecule has 0 saturated carbocycles. The summed E-state index contributed by atoms with van der Waals surface area (Å²) >= 11 is 0. The lowest BCUT2D eigenvalue weighted by Gasteiger charge is -2.30. The van der Waals surface area contributed by atoms with Crippen molar-refractivity contribution in [3.05, 3.63) is 35.9 Å². The fraction of sp³-hybridized carbons (Fsp3) is 0.500. The van der Waals surface area contributed by atoms with Crippen molar-refractivity contribution in [3.63, 3.8) is 0 Å². The number of nitrogens with zero attached hydrogens (tertiary/aromatic N) is 1. The van der Waals surface area contributed by atoms with Gasteiger partial charge < -0.3 is 15.7 Å². The molecule has 108 valence electrons. The van der Waals surface area contributed by atoms with E-state index in [2.05, 4.69) is 0 Å². The molecular weight excluding hydrogens is 264 g/mol. The van der Waals surface area contributed by atoms with Gasteiger partial charge in [0.15, 0.2) is 0 Å². The molecule has 0 aliphatic heterocycles. The van der Waals surface area contributed by atoms with Gasteiger partial charge in [0.05, 0.1) is 6.10 Å². The van der Waals surface area contributed by atoms with E-state index < -0.39 is 11.6 Å². The molecule has 1 rings (SSSR count). The molecule has 0 aliphatic carbocycles. The number of likely N-dealkylation sites (N-methyl/N-ethyl adjacent to an activating group) is 1. The number of aliphatic hydroxyl groups is 1. The highest BCUT2D eigenvalue weighted by atomic mass is 35.5. The highest BCUT2D eigenvalue weighted by Crippen LogP contribution is 2.19. The van der Waals surface area contributed by atoms with Gasteiger partial charge in [0.1, 0.15) is 5.54 Å². The van der Waals surface area contributed by atoms with E-state index >= 15 is 0 Å². The third-order valence-corrected chi connectivity index (χ3v) is 3.05. The van der Waals surface area contributed by atoms with Crippen LogP contribution in [-0.4, -0.2) is 35.6 Å². The summed E-state index contributed by atoms with van der Waals surface area (Å²) in [5, 5.41) is 9.23. The second-order valence-electron chi connectivity index (χ2n) is 4.93. The molecule has 19 heavy (non-hydrogen) atoms. The molecule has 2 atom stereocenters. The first-order valence-corrected chi connectivity index (χ1v) is 6.13. The standard InChI is InChI=1S/C14H22N2O2.ClH/c1-11(17)9-10-16(3)13(18)14(2,15)12-7-5-4-6-8-12;/h4-8,11,17H,9-10,15H2,1-3H3;1H. The Kier molecular flexibility index (Phi) is 7.05. The fourth-order valence-corrected chi connectivity index (χ4v) is 1.79. The highest BCUT2D eigenvalue weighted by Gasteiger charge is 2.32. The second-order valence-corrected chi connectivity index (χ2v) is 4.93. The number of aliphatic hydroxyl groups excluding tert-OH is 1. The van der Waals surface area contributed by atoms with E-state index in [0.29, 0.717) is 13.0 Å². The van der Waals surface area contributed by atoms with E-state index in [0.717, 1.165) is 5.56 Å². The molecule has 3 N–H and O–H groups in total. The maximum atomic E-state index is 12.3. The van der Waals surface area contributed by atoms with Gasteiger partial charge in [-0.05, 0) is 25.8 Å². The van der Waals surface area contributed by atoms with Crippen molar-refractivity contribution in [2.75, 3.05) is 13.6 Å². The smallest absolute Gasteiger partial charge is 0.246 e. The summed E-state index contributed by atoms with van der Waals surface area (Å²) in [6.45, 7) is 3.91. The van der Waals surface area contributed by atoms with Gasteiger partial charge in [-0.2, -0.15) is 0 Å². The van der Waals surface area contributed by atoms with E-state index in [9.17, 15) is 9.90 Å². The first-order chi connectivity index (χ1) is 8.35. The van der Waals surface area contributed by atoms with Crippen molar-refractivity contribution in [1.29, 1.82) is 0 Å². The van der Waals surface area contributed by atoms with Crippen molar-refractivity contribution >= 4 is 18.3 Å². The van der Waals surface area contributed by atoms with E-state index in [1.54, 1.807) is 25.8 Å². The molecule has 5 heteroatoms. The summed E-state index contributed by atoms with van der Waals surface area (Å²) < 4.78 is 0. The third kappa shape index (κ3) is 4.82. The van der Waals surface area contributed by atoms with Crippen molar-refractivity contribution in [1.82, 2.24) is 4.90 Å². The van der Waals surface area contributed by atoms with E-state index in [1.807, 2.05) is 30.3 Å². The molecule has 1 aromatic rings. The Labute approximate surface area is 121 Å². The van der Waals surface area contributed by atoms with Gasteiger partial charge >= 0.3 is 0 Å². The SMILES string of the molecule is CC(O)CCN(C)C(=O)C(C)(N)c1ccccc1.Cl. The minimum Gasteiger partial charge on any atom is -0.393 e. The van der Waals surface area contributed by atoms with Gasteiger partial charge in [-0.1, -0.05) is 30.3 Å². The van der Waals surface area contributed by atoms with Crippen LogP contribution >= 0.6 is 12.4 Å². The predicted molar refractivity (Wildman–Crippen MR) is 79.2 cm³/mol. The Morgan fingerprint density at radius 1 is 1.42 bits per heavy atom. The van der Waals surface area contributed by atoms with Crippen molar-refractivity contribution in [2.45, 2.75) is 31.9 Å². The topological polar surface area (TPSA) is 66.6 Å². The molecule has 0 aliphatic rings. The molecule has 0 radical (unpaired) electrons. The molecule has 0 bridgehead atoms. The highest BCUT2D eigenvalue weighted by molar-refractivity contribution is 5.86. The number of benzene rings is 1. The normalized spacial score (nSPS) is 15.0. The summed E-state index contributed by atoms with van der Waals surface area (Å²) in [4.78, 5) is 13.9. The zero-order chi connectivity index (χ0) is 13.8. The van der Waals surface area contributed by atoms with Crippen LogP contribution in [0.1, 0.15) is 25.8 Å². The number of rotatable bonds is 5. The summed E-state index contributed by atoms with van der Waals surface area (Å²) in [6.07, 6.45) is 0.133. The molecular formula is C14H23ClN2O2. The monoisotopic (exact) mass is 286 g/mol. The predicted octanol–water partition coefficient (Wildman–Crippen LogP) is 1.51. The van der Waals surface area contributed by atoms with Gasteiger partial charge in [0.2, 0.25) is 5.91 Å². The van der Waals surface area contributed by atoms with Crippen molar-refractivity contribution < 1.29 is 9.90 Å². The summed E-state index contributed by atoms with van der Waals surface area (Å²) in [5.74, 6) is -0.144. The van der Waals surface area contributed by atoms with Gasteiger partial charge in [0, 0.05) is 13.6 Å². The van der Waals surface area contributed by atoms with Gasteiger partial charge in [-0.15, -0.1) is 12.4 Å². The Morgan fingerprint density at radius 3 is 2.42 bits per heavy atom. The summed E-state index contributed by atoms with van der Waals surface area (Å²) in [7, 11) is 1.71. The van der Waals surface area contributed by atoms with Crippen LogP contribution in [0.3, 0.4) is 0 Å². The zero-order valence-corrected chi connectivity index (χ0v) is 12.5. The van der Waals surface area contributed by atoms with Gasteiger partial charge in [-0.25, -0.2) is 0 Å². The molecule has 1 amide bonds. The lowest BCUT2D eigenvalue weighted by Crippen LogP contribution is -2.50. The average Bonchev–Trinajstić information content (AvgIpc) is 2.36. The summed E-state index contributed by atoms with van der Waals surface area (Å²) in [6, 6.07) is 9.31. The maximum Gasteiger partial charge on any atom is 0.246 e. The number of hydrogen-bond acceptors (Lipinski definition) is 3. The number of carbonyl (C=O) groups excluding carboxylic acids is 1. The number of hydrogen-bond donors (Lipinski definition) is 2. The maximum absolute atomic E-state index is 12.3. The molecule has 2 unspecified atom stereocenters. The number of nitrogens with two attached hydrogens (primary N) is 1. The van der Waals surface area contributed by atoms with Crippen molar-refractivity contribution in [3.8, 4) is 0 Å². The van der Waals surface area contributed by atoms with Crippen LogP contribution in [0, 0.1) is 0 Å². The third-order valence-electron chi connectivity index (χ3n) is 3.05.